The summed E-state index contributed by atoms with van der Waals surface area (Å²) in [6.07, 6.45) is -0.00721. The first-order chi connectivity index (χ1) is 12.5. The fourth-order valence-corrected chi connectivity index (χ4v) is 4.14. The molecule has 2 fully saturated rings. The summed E-state index contributed by atoms with van der Waals surface area (Å²) in [6.45, 7) is 10.9. The number of carbonyl (C=O) groups is 2. The first-order valence-corrected chi connectivity index (χ1v) is 9.25. The molecule has 0 spiro atoms. The number of aliphatic hydroxyl groups excluding tert-OH is 1. The second-order valence-electron chi connectivity index (χ2n) is 8.20. The maximum Gasteiger partial charge on any atom is 0.334 e. The molecule has 3 aliphatic heterocycles. The first-order valence-electron chi connectivity index (χ1n) is 9.25. The molecular formula is C20H28O7. The largest absolute Gasteiger partial charge is 0.461 e. The molecule has 0 saturated carbocycles. The molecular weight excluding hydrogens is 352 g/mol. The topological polar surface area (TPSA) is 91.3 Å². The Morgan fingerprint density at radius 3 is 2.67 bits per heavy atom. The van der Waals surface area contributed by atoms with Crippen LogP contribution < -0.4 is 0 Å². The van der Waals surface area contributed by atoms with Crippen LogP contribution in [-0.4, -0.2) is 53.9 Å². The van der Waals surface area contributed by atoms with Gasteiger partial charge in [-0.3, -0.25) is 4.79 Å². The van der Waals surface area contributed by atoms with Crippen LogP contribution in [0.25, 0.3) is 0 Å². The molecule has 3 aliphatic rings. The Bertz CT molecular complexity index is 696. The summed E-state index contributed by atoms with van der Waals surface area (Å²) in [6, 6.07) is 0. The zero-order valence-electron chi connectivity index (χ0n) is 16.5. The lowest BCUT2D eigenvalue weighted by Gasteiger charge is -2.35. The number of hydrogen-bond acceptors (Lipinski definition) is 7. The Kier molecular flexibility index (Phi) is 4.99. The minimum absolute atomic E-state index is 0.190. The number of methoxy groups -OCH3 is 1. The van der Waals surface area contributed by atoms with Crippen LogP contribution in [0.4, 0.5) is 0 Å². The molecule has 0 radical (unpaired) electrons. The smallest absolute Gasteiger partial charge is 0.334 e. The van der Waals surface area contributed by atoms with Gasteiger partial charge in [-0.15, -0.1) is 0 Å². The van der Waals surface area contributed by atoms with Gasteiger partial charge in [-0.1, -0.05) is 20.4 Å². The molecule has 7 nitrogen and oxygen atoms in total. The van der Waals surface area contributed by atoms with E-state index >= 15 is 0 Å². The van der Waals surface area contributed by atoms with Gasteiger partial charge >= 0.3 is 11.9 Å². The lowest BCUT2D eigenvalue weighted by atomic mass is 9.80. The standard InChI is InChI=1S/C20H28O7/c1-10(2)17(22)26-14-8-19(5)15(21)9-20(24-6,27-19)11(3)7-13-16(14)12(4)18(23)25-13/h7,10,13-16,21H,4,8-9H2,1-3,5-6H3/b11-7-/t13-,14+,15-,16?,19+,20+/m0/s1. The van der Waals surface area contributed by atoms with Crippen molar-refractivity contribution in [3.05, 3.63) is 23.8 Å². The summed E-state index contributed by atoms with van der Waals surface area (Å²) in [5.41, 5.74) is -0.0672. The van der Waals surface area contributed by atoms with Gasteiger partial charge < -0.3 is 24.1 Å². The van der Waals surface area contributed by atoms with E-state index in [1.165, 1.54) is 7.11 Å². The molecule has 0 amide bonds. The summed E-state index contributed by atoms with van der Waals surface area (Å²) < 4.78 is 23.1. The van der Waals surface area contributed by atoms with E-state index < -0.39 is 41.6 Å². The molecule has 7 heteroatoms. The third-order valence-corrected chi connectivity index (χ3v) is 5.92. The van der Waals surface area contributed by atoms with Gasteiger partial charge in [0.05, 0.1) is 23.5 Å². The molecule has 27 heavy (non-hydrogen) atoms. The van der Waals surface area contributed by atoms with Crippen LogP contribution in [0.1, 0.15) is 40.5 Å². The monoisotopic (exact) mass is 380 g/mol. The van der Waals surface area contributed by atoms with E-state index in [1.807, 2.05) is 6.92 Å². The highest BCUT2D eigenvalue weighted by molar-refractivity contribution is 5.91. The van der Waals surface area contributed by atoms with Crippen LogP contribution in [0, 0.1) is 11.8 Å². The number of rotatable bonds is 3. The Hall–Kier alpha value is -1.70. The molecule has 6 atom stereocenters. The van der Waals surface area contributed by atoms with E-state index in [-0.39, 0.29) is 30.3 Å². The Morgan fingerprint density at radius 2 is 2.07 bits per heavy atom. The SMILES string of the molecule is C=C1C(=O)O[C@H]2/C=C(/C)[C@@]3(OC)C[C@H](O)[C@@](C)(C[C@@H](OC(=O)C(C)C)C12)O3. The molecule has 0 aromatic carbocycles. The van der Waals surface area contributed by atoms with E-state index in [9.17, 15) is 14.7 Å². The zero-order valence-corrected chi connectivity index (χ0v) is 16.5. The fraction of sp³-hybridized carbons (Fsp3) is 0.700. The van der Waals surface area contributed by atoms with Crippen LogP contribution in [0.3, 0.4) is 0 Å². The molecule has 0 aliphatic carbocycles. The quantitative estimate of drug-likeness (QED) is 0.454. The van der Waals surface area contributed by atoms with Crippen molar-refractivity contribution in [1.82, 2.24) is 0 Å². The molecule has 2 saturated heterocycles. The van der Waals surface area contributed by atoms with Crippen LogP contribution in [0.15, 0.2) is 23.8 Å². The molecule has 150 valence electrons. The van der Waals surface area contributed by atoms with Gasteiger partial charge in [0.1, 0.15) is 12.2 Å². The van der Waals surface area contributed by atoms with E-state index in [0.29, 0.717) is 5.57 Å². The van der Waals surface area contributed by atoms with E-state index in [4.69, 9.17) is 18.9 Å². The van der Waals surface area contributed by atoms with Crippen LogP contribution in [0.2, 0.25) is 0 Å². The van der Waals surface area contributed by atoms with Gasteiger partial charge in [0.2, 0.25) is 0 Å². The number of ether oxygens (including phenoxy) is 4. The van der Waals surface area contributed by atoms with Crippen LogP contribution in [0.5, 0.6) is 0 Å². The van der Waals surface area contributed by atoms with Crippen molar-refractivity contribution in [3.63, 3.8) is 0 Å². The maximum atomic E-state index is 12.3. The third kappa shape index (κ3) is 3.22. The van der Waals surface area contributed by atoms with Gasteiger partial charge in [0, 0.05) is 25.5 Å². The summed E-state index contributed by atoms with van der Waals surface area (Å²) in [4.78, 5) is 24.5. The highest BCUT2D eigenvalue weighted by Gasteiger charge is 2.59. The lowest BCUT2D eigenvalue weighted by molar-refractivity contribution is -0.223. The van der Waals surface area contributed by atoms with Crippen molar-refractivity contribution in [2.45, 2.75) is 70.2 Å². The van der Waals surface area contributed by atoms with Crippen molar-refractivity contribution in [2.24, 2.45) is 11.8 Å². The average molecular weight is 380 g/mol. The lowest BCUT2D eigenvalue weighted by Crippen LogP contribution is -2.45. The van der Waals surface area contributed by atoms with Gasteiger partial charge in [0.15, 0.2) is 5.79 Å². The molecule has 1 N–H and O–H groups in total. The molecule has 3 heterocycles. The number of hydrogen-bond donors (Lipinski definition) is 1. The maximum absolute atomic E-state index is 12.3. The number of esters is 2. The predicted octanol–water partition coefficient (Wildman–Crippen LogP) is 1.88. The van der Waals surface area contributed by atoms with Gasteiger partial charge in [-0.05, 0) is 25.5 Å². The van der Waals surface area contributed by atoms with Gasteiger partial charge in [0.25, 0.3) is 0 Å². The minimum atomic E-state index is -1.12. The predicted molar refractivity (Wildman–Crippen MR) is 95.5 cm³/mol. The minimum Gasteiger partial charge on any atom is -0.461 e. The highest BCUT2D eigenvalue weighted by Crippen LogP contribution is 2.49. The van der Waals surface area contributed by atoms with Crippen molar-refractivity contribution in [1.29, 1.82) is 0 Å². The fourth-order valence-electron chi connectivity index (χ4n) is 4.14. The second-order valence-corrected chi connectivity index (χ2v) is 8.20. The average Bonchev–Trinajstić information content (AvgIpc) is 3.01. The first kappa shape index (κ1) is 20.0. The zero-order chi connectivity index (χ0) is 20.1. The Balaban J connectivity index is 2.08. The van der Waals surface area contributed by atoms with Crippen molar-refractivity contribution in [3.8, 4) is 0 Å². The molecule has 0 aromatic rings. The van der Waals surface area contributed by atoms with E-state index in [0.717, 1.165) is 0 Å². The van der Waals surface area contributed by atoms with Crippen LogP contribution in [-0.2, 0) is 28.5 Å². The highest BCUT2D eigenvalue weighted by atomic mass is 16.7. The molecule has 3 rings (SSSR count). The summed E-state index contributed by atoms with van der Waals surface area (Å²) in [7, 11) is 1.51. The number of aliphatic hydroxyl groups is 1. The number of carbonyl (C=O) groups excluding carboxylic acids is 2. The van der Waals surface area contributed by atoms with Gasteiger partial charge in [-0.2, -0.15) is 0 Å². The molecule has 0 aromatic heterocycles. The van der Waals surface area contributed by atoms with Crippen molar-refractivity contribution in [2.75, 3.05) is 7.11 Å². The third-order valence-electron chi connectivity index (χ3n) is 5.92. The Labute approximate surface area is 159 Å². The Morgan fingerprint density at radius 1 is 1.41 bits per heavy atom. The van der Waals surface area contributed by atoms with Crippen molar-refractivity contribution < 1.29 is 33.6 Å². The molecule has 1 unspecified atom stereocenters. The summed E-state index contributed by atoms with van der Waals surface area (Å²) >= 11 is 0. The summed E-state index contributed by atoms with van der Waals surface area (Å²) in [5.74, 6) is -2.90. The number of fused-ring (bicyclic) bond motifs is 3. The second kappa shape index (κ2) is 6.72. The van der Waals surface area contributed by atoms with Gasteiger partial charge in [-0.25, -0.2) is 4.79 Å². The normalized spacial score (nSPS) is 43.3. The van der Waals surface area contributed by atoms with Crippen molar-refractivity contribution >= 4 is 11.9 Å². The molecule has 2 bridgehead atoms. The summed E-state index contributed by atoms with van der Waals surface area (Å²) in [5, 5.41) is 10.7. The van der Waals surface area contributed by atoms with Crippen LogP contribution >= 0.6 is 0 Å². The van der Waals surface area contributed by atoms with E-state index in [2.05, 4.69) is 6.58 Å². The van der Waals surface area contributed by atoms with E-state index in [1.54, 1.807) is 26.8 Å².